The molecule has 0 amide bonds. The first-order valence-corrected chi connectivity index (χ1v) is 7.47. The van der Waals surface area contributed by atoms with Crippen molar-refractivity contribution in [3.8, 4) is 5.75 Å². The summed E-state index contributed by atoms with van der Waals surface area (Å²) in [5.74, 6) is 0.770. The molecule has 2 rings (SSSR count). The van der Waals surface area contributed by atoms with Gasteiger partial charge in [0, 0.05) is 15.3 Å². The Bertz CT molecular complexity index is 545. The first kappa shape index (κ1) is 14.1. The van der Waals surface area contributed by atoms with Gasteiger partial charge in [-0.1, -0.05) is 18.6 Å². The van der Waals surface area contributed by atoms with Gasteiger partial charge in [-0.2, -0.15) is 0 Å². The van der Waals surface area contributed by atoms with Crippen molar-refractivity contribution in [1.82, 2.24) is 0 Å². The fraction of sp³-hybridized carbons (Fsp3) is 0.375. The van der Waals surface area contributed by atoms with Gasteiger partial charge in [-0.15, -0.1) is 11.3 Å². The molecule has 2 aromatic rings. The lowest BCUT2D eigenvalue weighted by Crippen LogP contribution is -2.03. The molecule has 0 saturated carbocycles. The fourth-order valence-electron chi connectivity index (χ4n) is 2.05. The van der Waals surface area contributed by atoms with Crippen LogP contribution in [0.25, 0.3) is 0 Å². The number of hydrogen-bond donors (Lipinski definition) is 1. The average molecular weight is 276 g/mol. The minimum Gasteiger partial charge on any atom is -0.493 e. The summed E-state index contributed by atoms with van der Waals surface area (Å²) >= 11 is 1.66. The highest BCUT2D eigenvalue weighted by molar-refractivity contribution is 7.12. The minimum atomic E-state index is -0.605. The van der Waals surface area contributed by atoms with Crippen LogP contribution in [0.15, 0.2) is 30.3 Å². The summed E-state index contributed by atoms with van der Waals surface area (Å²) in [5, 5.41) is 10.6. The van der Waals surface area contributed by atoms with Crippen molar-refractivity contribution in [2.24, 2.45) is 0 Å². The molecule has 0 spiro atoms. The summed E-state index contributed by atoms with van der Waals surface area (Å²) in [4.78, 5) is 2.27. The molecule has 0 aliphatic carbocycles. The number of aryl methyl sites for hydroxylation is 2. The molecule has 0 aliphatic rings. The molecular formula is C16H20O2S. The Morgan fingerprint density at radius 1 is 1.21 bits per heavy atom. The number of ether oxygens (including phenoxy) is 1. The molecular weight excluding hydrogens is 256 g/mol. The molecule has 0 saturated heterocycles. The predicted molar refractivity (Wildman–Crippen MR) is 80.1 cm³/mol. The van der Waals surface area contributed by atoms with E-state index in [2.05, 4.69) is 13.0 Å². The highest BCUT2D eigenvalue weighted by atomic mass is 32.1. The summed E-state index contributed by atoms with van der Waals surface area (Å²) in [6, 6.07) is 10.0. The Morgan fingerprint density at radius 2 is 2.00 bits per heavy atom. The zero-order chi connectivity index (χ0) is 13.8. The molecule has 0 radical (unpaired) electrons. The number of thiophene rings is 1. The lowest BCUT2D eigenvalue weighted by molar-refractivity contribution is 0.215. The molecule has 1 atom stereocenters. The average Bonchev–Trinajstić information content (AvgIpc) is 2.89. The Labute approximate surface area is 118 Å². The standard InChI is InChI=1S/C16H20O2S/c1-4-12-7-9-15(19-12)16(17)13-10-11(3)6-8-14(13)18-5-2/h6-10,16-17H,4-5H2,1-3H3. The molecule has 0 aliphatic heterocycles. The van der Waals surface area contributed by atoms with Gasteiger partial charge in [0.15, 0.2) is 0 Å². The molecule has 1 heterocycles. The van der Waals surface area contributed by atoms with Gasteiger partial charge in [0.05, 0.1) is 6.61 Å². The van der Waals surface area contributed by atoms with Gasteiger partial charge in [0.2, 0.25) is 0 Å². The summed E-state index contributed by atoms with van der Waals surface area (Å²) in [6.07, 6.45) is 0.399. The number of rotatable bonds is 5. The van der Waals surface area contributed by atoms with E-state index >= 15 is 0 Å². The highest BCUT2D eigenvalue weighted by Gasteiger charge is 2.17. The summed E-state index contributed by atoms with van der Waals surface area (Å²) in [7, 11) is 0. The Balaban J connectivity index is 2.36. The van der Waals surface area contributed by atoms with Crippen LogP contribution < -0.4 is 4.74 Å². The zero-order valence-electron chi connectivity index (χ0n) is 11.6. The Hall–Kier alpha value is -1.32. The predicted octanol–water partition coefficient (Wildman–Crippen LogP) is 4.10. The molecule has 0 bridgehead atoms. The maximum Gasteiger partial charge on any atom is 0.125 e. The molecule has 0 fully saturated rings. The third-order valence-electron chi connectivity index (χ3n) is 3.06. The van der Waals surface area contributed by atoms with Gasteiger partial charge >= 0.3 is 0 Å². The molecule has 1 aromatic heterocycles. The van der Waals surface area contributed by atoms with Crippen molar-refractivity contribution in [3.05, 3.63) is 51.2 Å². The van der Waals surface area contributed by atoms with E-state index in [9.17, 15) is 5.11 Å². The van der Waals surface area contributed by atoms with Gasteiger partial charge in [-0.05, 0) is 44.5 Å². The number of aliphatic hydroxyl groups is 1. The molecule has 1 aromatic carbocycles. The van der Waals surface area contributed by atoms with Crippen LogP contribution in [0.2, 0.25) is 0 Å². The van der Waals surface area contributed by atoms with E-state index < -0.39 is 6.10 Å². The number of benzene rings is 1. The first-order chi connectivity index (χ1) is 9.15. The quantitative estimate of drug-likeness (QED) is 0.891. The van der Waals surface area contributed by atoms with Crippen LogP contribution in [0, 0.1) is 6.92 Å². The van der Waals surface area contributed by atoms with Crippen molar-refractivity contribution in [1.29, 1.82) is 0 Å². The van der Waals surface area contributed by atoms with Crippen LogP contribution in [-0.2, 0) is 6.42 Å². The van der Waals surface area contributed by atoms with E-state index in [0.717, 1.165) is 28.2 Å². The van der Waals surface area contributed by atoms with E-state index in [0.29, 0.717) is 6.61 Å². The normalized spacial score (nSPS) is 12.4. The van der Waals surface area contributed by atoms with E-state index in [1.165, 1.54) is 4.88 Å². The molecule has 1 N–H and O–H groups in total. The summed E-state index contributed by atoms with van der Waals surface area (Å²) in [6.45, 7) is 6.71. The summed E-state index contributed by atoms with van der Waals surface area (Å²) < 4.78 is 5.61. The van der Waals surface area contributed by atoms with Crippen molar-refractivity contribution >= 4 is 11.3 Å². The van der Waals surface area contributed by atoms with Crippen LogP contribution in [0.3, 0.4) is 0 Å². The van der Waals surface area contributed by atoms with E-state index in [1.54, 1.807) is 11.3 Å². The largest absolute Gasteiger partial charge is 0.493 e. The second kappa shape index (κ2) is 6.22. The van der Waals surface area contributed by atoms with Crippen molar-refractivity contribution in [2.75, 3.05) is 6.61 Å². The van der Waals surface area contributed by atoms with Crippen molar-refractivity contribution < 1.29 is 9.84 Å². The van der Waals surface area contributed by atoms with Gasteiger partial charge < -0.3 is 9.84 Å². The second-order valence-electron chi connectivity index (χ2n) is 4.53. The third kappa shape index (κ3) is 3.17. The lowest BCUT2D eigenvalue weighted by Gasteiger charge is -2.15. The van der Waals surface area contributed by atoms with Gasteiger partial charge in [-0.3, -0.25) is 0 Å². The Morgan fingerprint density at radius 3 is 2.63 bits per heavy atom. The van der Waals surface area contributed by atoms with Gasteiger partial charge in [0.25, 0.3) is 0 Å². The van der Waals surface area contributed by atoms with Crippen molar-refractivity contribution in [3.63, 3.8) is 0 Å². The zero-order valence-corrected chi connectivity index (χ0v) is 12.5. The van der Waals surface area contributed by atoms with Crippen LogP contribution in [-0.4, -0.2) is 11.7 Å². The van der Waals surface area contributed by atoms with Crippen LogP contribution >= 0.6 is 11.3 Å². The monoisotopic (exact) mass is 276 g/mol. The maximum absolute atomic E-state index is 10.6. The number of hydrogen-bond acceptors (Lipinski definition) is 3. The molecule has 19 heavy (non-hydrogen) atoms. The van der Waals surface area contributed by atoms with E-state index in [4.69, 9.17) is 4.74 Å². The number of aliphatic hydroxyl groups excluding tert-OH is 1. The van der Waals surface area contributed by atoms with E-state index in [1.807, 2.05) is 38.1 Å². The Kier molecular flexibility index (Phi) is 4.61. The van der Waals surface area contributed by atoms with E-state index in [-0.39, 0.29) is 0 Å². The fourth-order valence-corrected chi connectivity index (χ4v) is 3.01. The van der Waals surface area contributed by atoms with Crippen LogP contribution in [0.4, 0.5) is 0 Å². The lowest BCUT2D eigenvalue weighted by atomic mass is 10.0. The minimum absolute atomic E-state index is 0.605. The highest BCUT2D eigenvalue weighted by Crippen LogP contribution is 2.34. The van der Waals surface area contributed by atoms with Gasteiger partial charge in [0.1, 0.15) is 11.9 Å². The molecule has 3 heteroatoms. The second-order valence-corrected chi connectivity index (χ2v) is 5.73. The topological polar surface area (TPSA) is 29.5 Å². The molecule has 2 nitrogen and oxygen atoms in total. The van der Waals surface area contributed by atoms with Crippen molar-refractivity contribution in [2.45, 2.75) is 33.3 Å². The first-order valence-electron chi connectivity index (χ1n) is 6.65. The third-order valence-corrected chi connectivity index (χ3v) is 4.34. The summed E-state index contributed by atoms with van der Waals surface area (Å²) in [5.41, 5.74) is 1.98. The SMILES string of the molecule is CCOc1ccc(C)cc1C(O)c1ccc(CC)s1. The molecule has 102 valence electrons. The van der Waals surface area contributed by atoms with Gasteiger partial charge in [-0.25, -0.2) is 0 Å². The molecule has 1 unspecified atom stereocenters. The maximum atomic E-state index is 10.6. The van der Waals surface area contributed by atoms with Crippen LogP contribution in [0.5, 0.6) is 5.75 Å². The van der Waals surface area contributed by atoms with Crippen LogP contribution in [0.1, 0.15) is 40.8 Å². The smallest absolute Gasteiger partial charge is 0.125 e.